The van der Waals surface area contributed by atoms with Gasteiger partial charge in [-0.1, -0.05) is 20.8 Å². The summed E-state index contributed by atoms with van der Waals surface area (Å²) in [5, 5.41) is 5.96. The molecule has 132 valence electrons. The maximum absolute atomic E-state index is 12.3. The minimum absolute atomic E-state index is 0.0397. The maximum atomic E-state index is 12.3. The summed E-state index contributed by atoms with van der Waals surface area (Å²) in [6.07, 6.45) is 3.77. The molecule has 0 heterocycles. The molecule has 5 heteroatoms. The summed E-state index contributed by atoms with van der Waals surface area (Å²) in [5.41, 5.74) is 7.07. The lowest BCUT2D eigenvalue weighted by atomic mass is 9.91. The van der Waals surface area contributed by atoms with Crippen molar-refractivity contribution in [2.75, 3.05) is 6.54 Å². The third-order valence-corrected chi connectivity index (χ3v) is 4.30. The number of rotatable bonds is 4. The van der Waals surface area contributed by atoms with Gasteiger partial charge >= 0.3 is 0 Å². The fourth-order valence-electron chi connectivity index (χ4n) is 2.75. The van der Waals surface area contributed by atoms with E-state index in [2.05, 4.69) is 31.4 Å². The van der Waals surface area contributed by atoms with Crippen molar-refractivity contribution in [1.29, 1.82) is 0 Å². The molecule has 1 aromatic rings. The van der Waals surface area contributed by atoms with E-state index in [9.17, 15) is 9.59 Å². The summed E-state index contributed by atoms with van der Waals surface area (Å²) in [4.78, 5) is 24.4. The van der Waals surface area contributed by atoms with E-state index < -0.39 is 0 Å². The highest BCUT2D eigenvalue weighted by molar-refractivity contribution is 5.97. The van der Waals surface area contributed by atoms with Crippen LogP contribution in [0.25, 0.3) is 0 Å². The average molecular weight is 331 g/mol. The Morgan fingerprint density at radius 2 is 1.50 bits per heavy atom. The number of nitrogens with two attached hydrogens (primary N) is 1. The van der Waals surface area contributed by atoms with E-state index in [-0.39, 0.29) is 29.3 Å². The average Bonchev–Trinajstić information content (AvgIpc) is 2.54. The Kier molecular flexibility index (Phi) is 5.99. The summed E-state index contributed by atoms with van der Waals surface area (Å²) in [6, 6.07) is 7.27. The van der Waals surface area contributed by atoms with Gasteiger partial charge < -0.3 is 16.4 Å². The van der Waals surface area contributed by atoms with Gasteiger partial charge in [0.25, 0.3) is 11.8 Å². The van der Waals surface area contributed by atoms with E-state index in [1.807, 2.05) is 0 Å². The normalized spacial score (nSPS) is 21.2. The third kappa shape index (κ3) is 5.64. The van der Waals surface area contributed by atoms with Gasteiger partial charge in [-0.05, 0) is 55.4 Å². The second-order valence-electron chi connectivity index (χ2n) is 7.91. The van der Waals surface area contributed by atoms with E-state index in [4.69, 9.17) is 5.73 Å². The molecule has 24 heavy (non-hydrogen) atoms. The summed E-state index contributed by atoms with van der Waals surface area (Å²) in [6.45, 7) is 6.81. The largest absolute Gasteiger partial charge is 0.352 e. The molecule has 1 saturated carbocycles. The van der Waals surface area contributed by atoms with E-state index in [0.29, 0.717) is 17.7 Å². The standard InChI is InChI=1S/C19H29N3O2/c1-19(2,3)12-21-17(23)13-4-6-14(7-5-13)18(24)22-16-10-8-15(20)9-11-16/h4-7,15-16H,8-12,20H2,1-3H3,(H,21,23)(H,22,24). The molecule has 0 bridgehead atoms. The van der Waals surface area contributed by atoms with Crippen LogP contribution in [0.4, 0.5) is 0 Å². The Balaban J connectivity index is 1.89. The molecule has 0 spiro atoms. The van der Waals surface area contributed by atoms with Crippen molar-refractivity contribution in [3.8, 4) is 0 Å². The second-order valence-corrected chi connectivity index (χ2v) is 7.91. The molecule has 5 nitrogen and oxygen atoms in total. The molecule has 0 aliphatic heterocycles. The Morgan fingerprint density at radius 3 is 2.00 bits per heavy atom. The van der Waals surface area contributed by atoms with E-state index in [0.717, 1.165) is 25.7 Å². The van der Waals surface area contributed by atoms with Gasteiger partial charge in [0.1, 0.15) is 0 Å². The Bertz CT molecular complexity index is 567. The zero-order chi connectivity index (χ0) is 17.7. The summed E-state index contributed by atoms with van der Waals surface area (Å²) in [5.74, 6) is -0.199. The van der Waals surface area contributed by atoms with Crippen LogP contribution in [-0.2, 0) is 0 Å². The Hall–Kier alpha value is -1.88. The Morgan fingerprint density at radius 1 is 1.00 bits per heavy atom. The van der Waals surface area contributed by atoms with E-state index in [1.165, 1.54) is 0 Å². The first-order valence-corrected chi connectivity index (χ1v) is 8.69. The highest BCUT2D eigenvalue weighted by Crippen LogP contribution is 2.17. The van der Waals surface area contributed by atoms with Crippen molar-refractivity contribution in [1.82, 2.24) is 10.6 Å². The van der Waals surface area contributed by atoms with E-state index >= 15 is 0 Å². The molecule has 0 saturated heterocycles. The van der Waals surface area contributed by atoms with Gasteiger partial charge in [-0.2, -0.15) is 0 Å². The smallest absolute Gasteiger partial charge is 0.251 e. The van der Waals surface area contributed by atoms with Crippen molar-refractivity contribution in [2.24, 2.45) is 11.1 Å². The van der Waals surface area contributed by atoms with Crippen LogP contribution in [0.15, 0.2) is 24.3 Å². The summed E-state index contributed by atoms with van der Waals surface area (Å²) in [7, 11) is 0. The van der Waals surface area contributed by atoms with Gasteiger partial charge in [-0.3, -0.25) is 9.59 Å². The fourth-order valence-corrected chi connectivity index (χ4v) is 2.75. The first-order chi connectivity index (χ1) is 11.2. The SMILES string of the molecule is CC(C)(C)CNC(=O)c1ccc(C(=O)NC2CCC(N)CC2)cc1. The third-order valence-electron chi connectivity index (χ3n) is 4.30. The highest BCUT2D eigenvalue weighted by atomic mass is 16.2. The molecule has 0 radical (unpaired) electrons. The lowest BCUT2D eigenvalue weighted by Crippen LogP contribution is -2.40. The molecular formula is C19H29N3O2. The molecule has 4 N–H and O–H groups in total. The van der Waals surface area contributed by atoms with Gasteiger partial charge in [0, 0.05) is 29.8 Å². The predicted molar refractivity (Wildman–Crippen MR) is 95.9 cm³/mol. The van der Waals surface area contributed by atoms with Gasteiger partial charge in [0.2, 0.25) is 0 Å². The molecule has 1 aliphatic carbocycles. The lowest BCUT2D eigenvalue weighted by Gasteiger charge is -2.26. The van der Waals surface area contributed by atoms with Gasteiger partial charge in [-0.15, -0.1) is 0 Å². The minimum atomic E-state index is -0.113. The van der Waals surface area contributed by atoms with Crippen molar-refractivity contribution in [3.05, 3.63) is 35.4 Å². The van der Waals surface area contributed by atoms with Crippen LogP contribution in [-0.4, -0.2) is 30.4 Å². The van der Waals surface area contributed by atoms with Crippen molar-refractivity contribution < 1.29 is 9.59 Å². The van der Waals surface area contributed by atoms with Crippen LogP contribution in [0, 0.1) is 5.41 Å². The van der Waals surface area contributed by atoms with Crippen LogP contribution in [0.1, 0.15) is 67.2 Å². The topological polar surface area (TPSA) is 84.2 Å². The zero-order valence-electron chi connectivity index (χ0n) is 14.9. The van der Waals surface area contributed by atoms with Crippen LogP contribution in [0.5, 0.6) is 0 Å². The quantitative estimate of drug-likeness (QED) is 0.792. The lowest BCUT2D eigenvalue weighted by molar-refractivity contribution is 0.0919. The molecule has 0 unspecified atom stereocenters. The van der Waals surface area contributed by atoms with Crippen molar-refractivity contribution >= 4 is 11.8 Å². The van der Waals surface area contributed by atoms with E-state index in [1.54, 1.807) is 24.3 Å². The number of hydrogen-bond acceptors (Lipinski definition) is 3. The first kappa shape index (κ1) is 18.5. The minimum Gasteiger partial charge on any atom is -0.352 e. The molecule has 1 fully saturated rings. The number of hydrogen-bond donors (Lipinski definition) is 3. The van der Waals surface area contributed by atoms with Crippen molar-refractivity contribution in [2.45, 2.75) is 58.5 Å². The van der Waals surface area contributed by atoms with Gasteiger partial charge in [0.15, 0.2) is 0 Å². The number of nitrogens with one attached hydrogen (secondary N) is 2. The van der Waals surface area contributed by atoms with Gasteiger partial charge in [0.05, 0.1) is 0 Å². The Labute approximate surface area is 144 Å². The number of benzene rings is 1. The van der Waals surface area contributed by atoms with Crippen LogP contribution in [0.3, 0.4) is 0 Å². The predicted octanol–water partition coefficient (Wildman–Crippen LogP) is 2.46. The number of carbonyl (C=O) groups is 2. The van der Waals surface area contributed by atoms with Crippen LogP contribution >= 0.6 is 0 Å². The molecule has 1 aliphatic rings. The maximum Gasteiger partial charge on any atom is 0.251 e. The molecular weight excluding hydrogens is 302 g/mol. The molecule has 0 atom stereocenters. The summed E-state index contributed by atoms with van der Waals surface area (Å²) < 4.78 is 0. The number of amides is 2. The fraction of sp³-hybridized carbons (Fsp3) is 0.579. The van der Waals surface area contributed by atoms with Gasteiger partial charge in [-0.25, -0.2) is 0 Å². The zero-order valence-corrected chi connectivity index (χ0v) is 14.9. The van der Waals surface area contributed by atoms with Crippen LogP contribution in [0.2, 0.25) is 0 Å². The highest BCUT2D eigenvalue weighted by Gasteiger charge is 2.20. The molecule has 2 rings (SSSR count). The van der Waals surface area contributed by atoms with Crippen molar-refractivity contribution in [3.63, 3.8) is 0 Å². The summed E-state index contributed by atoms with van der Waals surface area (Å²) >= 11 is 0. The molecule has 0 aromatic heterocycles. The molecule has 2 amide bonds. The molecule has 1 aromatic carbocycles. The number of carbonyl (C=O) groups excluding carboxylic acids is 2. The monoisotopic (exact) mass is 331 g/mol. The second kappa shape index (κ2) is 7.79. The first-order valence-electron chi connectivity index (χ1n) is 8.69. The van der Waals surface area contributed by atoms with Crippen LogP contribution < -0.4 is 16.4 Å².